The summed E-state index contributed by atoms with van der Waals surface area (Å²) in [4.78, 5) is 2.55. The largest absolute Gasteiger partial charge is 0.306 e. The van der Waals surface area contributed by atoms with Gasteiger partial charge in [0.2, 0.25) is 0 Å². The normalized spacial score (nSPS) is 13.7. The lowest BCUT2D eigenvalue weighted by Gasteiger charge is -2.16. The second-order valence-electron chi connectivity index (χ2n) is 5.66. The SMILES string of the molecule is CN(CCCc1ccc(S(C)(=O)=O)cc1)CCCC(P=O)P=O. The van der Waals surface area contributed by atoms with E-state index in [4.69, 9.17) is 0 Å². The summed E-state index contributed by atoms with van der Waals surface area (Å²) in [5.74, 6) is 0. The standard InChI is InChI=1S/C15H23NO4P2S/c1-16(12-4-6-15(21-17)22-18)11-3-5-13-7-9-14(10-8-13)23(2,19)20/h7-10,15H,3-6,11-12H2,1-2H3. The average Bonchev–Trinajstić information content (AvgIpc) is 2.51. The molecular weight excluding hydrogens is 352 g/mol. The first kappa shape index (κ1) is 20.4. The number of sulfone groups is 1. The molecule has 0 atom stereocenters. The van der Waals surface area contributed by atoms with Crippen molar-refractivity contribution in [1.82, 2.24) is 4.90 Å². The highest BCUT2D eigenvalue weighted by Gasteiger charge is 2.09. The van der Waals surface area contributed by atoms with E-state index in [0.29, 0.717) is 11.3 Å². The Bertz CT molecular complexity index is 596. The molecule has 0 amide bonds. The number of hydrogen-bond donors (Lipinski definition) is 0. The maximum absolute atomic E-state index is 11.4. The molecule has 0 saturated carbocycles. The van der Waals surface area contributed by atoms with Gasteiger partial charge >= 0.3 is 0 Å². The van der Waals surface area contributed by atoms with Crippen molar-refractivity contribution in [3.63, 3.8) is 0 Å². The van der Waals surface area contributed by atoms with Gasteiger partial charge in [0.25, 0.3) is 0 Å². The van der Waals surface area contributed by atoms with Gasteiger partial charge in [0.1, 0.15) is 5.40 Å². The molecule has 0 radical (unpaired) electrons. The summed E-state index contributed by atoms with van der Waals surface area (Å²) >= 11 is 0. The lowest BCUT2D eigenvalue weighted by Crippen LogP contribution is -2.21. The highest BCUT2D eigenvalue weighted by Crippen LogP contribution is 2.23. The Morgan fingerprint density at radius 1 is 1.04 bits per heavy atom. The number of nitrogens with zero attached hydrogens (tertiary/aromatic N) is 1. The monoisotopic (exact) mass is 375 g/mol. The third-order valence-electron chi connectivity index (χ3n) is 3.60. The molecule has 0 saturated heterocycles. The van der Waals surface area contributed by atoms with E-state index in [-0.39, 0.29) is 22.3 Å². The van der Waals surface area contributed by atoms with Gasteiger partial charge in [-0.25, -0.2) is 8.42 Å². The van der Waals surface area contributed by atoms with E-state index in [1.807, 2.05) is 19.2 Å². The first-order valence-electron chi connectivity index (χ1n) is 7.49. The van der Waals surface area contributed by atoms with Crippen LogP contribution in [0.15, 0.2) is 29.2 Å². The Balaban J connectivity index is 2.28. The molecule has 0 aliphatic carbocycles. The Morgan fingerprint density at radius 2 is 1.61 bits per heavy atom. The molecule has 0 bridgehead atoms. The van der Waals surface area contributed by atoms with Crippen molar-refractivity contribution in [2.45, 2.75) is 36.0 Å². The molecule has 0 aliphatic heterocycles. The Labute approximate surface area is 141 Å². The first-order chi connectivity index (χ1) is 10.9. The van der Waals surface area contributed by atoms with Crippen molar-refractivity contribution in [3.05, 3.63) is 29.8 Å². The van der Waals surface area contributed by atoms with Crippen molar-refractivity contribution in [2.24, 2.45) is 0 Å². The summed E-state index contributed by atoms with van der Waals surface area (Å²) in [5.41, 5.74) is 1.13. The van der Waals surface area contributed by atoms with Crippen LogP contribution >= 0.6 is 16.9 Å². The van der Waals surface area contributed by atoms with Crippen molar-refractivity contribution >= 4 is 26.8 Å². The predicted molar refractivity (Wildman–Crippen MR) is 93.6 cm³/mol. The van der Waals surface area contributed by atoms with Crippen LogP contribution in [0.4, 0.5) is 0 Å². The molecule has 1 rings (SSSR count). The van der Waals surface area contributed by atoms with Crippen LogP contribution in [0.25, 0.3) is 0 Å². The van der Waals surface area contributed by atoms with Crippen LogP contribution in [0.2, 0.25) is 0 Å². The van der Waals surface area contributed by atoms with Crippen molar-refractivity contribution in [3.8, 4) is 0 Å². The first-order valence-corrected chi connectivity index (χ1v) is 11.1. The molecule has 0 aliphatic rings. The highest BCUT2D eigenvalue weighted by molar-refractivity contribution is 7.90. The molecule has 1 aromatic rings. The van der Waals surface area contributed by atoms with E-state index in [0.717, 1.165) is 37.9 Å². The molecule has 5 nitrogen and oxygen atoms in total. The van der Waals surface area contributed by atoms with Gasteiger partial charge in [-0.1, -0.05) is 12.1 Å². The van der Waals surface area contributed by atoms with Gasteiger partial charge in [-0.2, -0.15) is 0 Å². The quantitative estimate of drug-likeness (QED) is 0.552. The van der Waals surface area contributed by atoms with E-state index in [1.54, 1.807) is 12.1 Å². The smallest absolute Gasteiger partial charge is 0.175 e. The molecular formula is C15H23NO4P2S. The molecule has 0 fully saturated rings. The minimum absolute atomic E-state index is 0.0519. The minimum atomic E-state index is -3.13. The van der Waals surface area contributed by atoms with Gasteiger partial charge in [-0.05, 0) is 63.5 Å². The van der Waals surface area contributed by atoms with Crippen molar-refractivity contribution < 1.29 is 17.5 Å². The average molecular weight is 375 g/mol. The number of rotatable bonds is 11. The van der Waals surface area contributed by atoms with Gasteiger partial charge in [0.15, 0.2) is 26.8 Å². The van der Waals surface area contributed by atoms with E-state index in [2.05, 4.69) is 4.90 Å². The maximum Gasteiger partial charge on any atom is 0.175 e. The van der Waals surface area contributed by atoms with Crippen LogP contribution in [0, 0.1) is 0 Å². The van der Waals surface area contributed by atoms with Crippen molar-refractivity contribution in [1.29, 1.82) is 0 Å². The van der Waals surface area contributed by atoms with Crippen LogP contribution in [-0.4, -0.2) is 45.1 Å². The van der Waals surface area contributed by atoms with E-state index >= 15 is 0 Å². The Kier molecular flexibility index (Phi) is 9.08. The Morgan fingerprint density at radius 3 is 2.13 bits per heavy atom. The molecule has 0 spiro atoms. The minimum Gasteiger partial charge on any atom is -0.306 e. The fourth-order valence-corrected chi connectivity index (χ4v) is 3.60. The second kappa shape index (κ2) is 10.2. The van der Waals surface area contributed by atoms with Crippen LogP contribution in [0.5, 0.6) is 0 Å². The fraction of sp³-hybridized carbons (Fsp3) is 0.600. The van der Waals surface area contributed by atoms with Crippen LogP contribution in [-0.2, 0) is 25.4 Å². The number of aryl methyl sites for hydroxylation is 1. The summed E-state index contributed by atoms with van der Waals surface area (Å²) < 4.78 is 44.1. The molecule has 8 heteroatoms. The molecule has 23 heavy (non-hydrogen) atoms. The number of benzene rings is 1. The van der Waals surface area contributed by atoms with E-state index < -0.39 is 9.84 Å². The third-order valence-corrected chi connectivity index (χ3v) is 6.30. The van der Waals surface area contributed by atoms with Gasteiger partial charge in [-0.15, -0.1) is 0 Å². The highest BCUT2D eigenvalue weighted by atomic mass is 32.2. The van der Waals surface area contributed by atoms with Crippen LogP contribution in [0.3, 0.4) is 0 Å². The summed E-state index contributed by atoms with van der Waals surface area (Å²) in [6.07, 6.45) is 4.65. The summed E-state index contributed by atoms with van der Waals surface area (Å²) in [6.45, 7) is 1.82. The molecule has 0 unspecified atom stereocenters. The second-order valence-corrected chi connectivity index (χ2v) is 9.75. The molecule has 128 valence electrons. The molecule has 0 heterocycles. The summed E-state index contributed by atoms with van der Waals surface area (Å²) in [6, 6.07) is 7.03. The zero-order valence-electron chi connectivity index (χ0n) is 13.5. The lowest BCUT2D eigenvalue weighted by molar-refractivity contribution is 0.323. The fourth-order valence-electron chi connectivity index (χ4n) is 2.24. The zero-order valence-corrected chi connectivity index (χ0v) is 16.1. The van der Waals surface area contributed by atoms with Gasteiger partial charge in [0.05, 0.1) is 4.90 Å². The molecule has 0 N–H and O–H groups in total. The van der Waals surface area contributed by atoms with Gasteiger partial charge in [-0.3, -0.25) is 9.13 Å². The third kappa shape index (κ3) is 8.12. The predicted octanol–water partition coefficient (Wildman–Crippen LogP) is 3.64. The Hall–Kier alpha value is -0.670. The van der Waals surface area contributed by atoms with E-state index in [9.17, 15) is 17.5 Å². The lowest BCUT2D eigenvalue weighted by atomic mass is 10.1. The maximum atomic E-state index is 11.4. The van der Waals surface area contributed by atoms with Crippen LogP contribution < -0.4 is 0 Å². The summed E-state index contributed by atoms with van der Waals surface area (Å²) in [5, 5.41) is -0.281. The van der Waals surface area contributed by atoms with Crippen LogP contribution in [0.1, 0.15) is 24.8 Å². The zero-order chi connectivity index (χ0) is 17.3. The van der Waals surface area contributed by atoms with Crippen molar-refractivity contribution in [2.75, 3.05) is 26.4 Å². The number of hydrogen-bond acceptors (Lipinski definition) is 5. The molecule has 1 aromatic carbocycles. The molecule has 0 aromatic heterocycles. The summed E-state index contributed by atoms with van der Waals surface area (Å²) in [7, 11) is -1.20. The topological polar surface area (TPSA) is 71.5 Å². The van der Waals surface area contributed by atoms with Gasteiger partial charge < -0.3 is 4.90 Å². The van der Waals surface area contributed by atoms with E-state index in [1.165, 1.54) is 6.26 Å². The van der Waals surface area contributed by atoms with Gasteiger partial charge in [0, 0.05) is 6.26 Å².